The molecule has 1 aromatic rings. The van der Waals surface area contributed by atoms with Crippen LogP contribution < -0.4 is 15.0 Å². The first-order valence-corrected chi connectivity index (χ1v) is 7.64. The summed E-state index contributed by atoms with van der Waals surface area (Å²) in [5.74, 6) is 1.70. The van der Waals surface area contributed by atoms with Crippen LogP contribution in [0.1, 0.15) is 33.6 Å². The molecule has 0 bridgehead atoms. The third kappa shape index (κ3) is 4.42. The minimum absolute atomic E-state index is 0.0236. The Hall–Kier alpha value is -1.63. The van der Waals surface area contributed by atoms with Crippen molar-refractivity contribution in [2.24, 2.45) is 5.92 Å². The van der Waals surface area contributed by atoms with E-state index in [4.69, 9.17) is 9.84 Å². The van der Waals surface area contributed by atoms with Gasteiger partial charge in [0.05, 0.1) is 6.10 Å². The molecular weight excluding hydrogens is 270 g/mol. The van der Waals surface area contributed by atoms with E-state index in [1.807, 2.05) is 20.8 Å². The van der Waals surface area contributed by atoms with Crippen LogP contribution in [0.2, 0.25) is 0 Å². The van der Waals surface area contributed by atoms with E-state index in [0.29, 0.717) is 23.8 Å². The highest BCUT2D eigenvalue weighted by molar-refractivity contribution is 5.39. The number of hydrogen-bond donors (Lipinski definition) is 2. The van der Waals surface area contributed by atoms with E-state index < -0.39 is 0 Å². The fraction of sp³-hybridized carbons (Fsp3) is 0.786. The first-order valence-electron chi connectivity index (χ1n) is 7.64. The average molecular weight is 295 g/mol. The zero-order valence-electron chi connectivity index (χ0n) is 13.0. The molecule has 21 heavy (non-hydrogen) atoms. The van der Waals surface area contributed by atoms with E-state index in [9.17, 15) is 0 Å². The number of aliphatic hydroxyl groups is 1. The summed E-state index contributed by atoms with van der Waals surface area (Å²) in [5.41, 5.74) is 0. The van der Waals surface area contributed by atoms with Gasteiger partial charge in [0.25, 0.3) is 0 Å². The second kappa shape index (κ2) is 7.40. The third-order valence-electron chi connectivity index (χ3n) is 3.39. The second-order valence-corrected chi connectivity index (χ2v) is 5.55. The lowest BCUT2D eigenvalue weighted by Crippen LogP contribution is -2.24. The molecule has 1 aliphatic rings. The van der Waals surface area contributed by atoms with Gasteiger partial charge in [0.15, 0.2) is 0 Å². The Bertz CT molecular complexity index is 455. The van der Waals surface area contributed by atoms with Crippen molar-refractivity contribution >= 4 is 11.9 Å². The maximum absolute atomic E-state index is 9.05. The van der Waals surface area contributed by atoms with Crippen molar-refractivity contribution in [2.75, 3.05) is 36.5 Å². The second-order valence-electron chi connectivity index (χ2n) is 5.55. The number of nitrogens with one attached hydrogen (secondary N) is 1. The molecule has 1 fully saturated rings. The van der Waals surface area contributed by atoms with Gasteiger partial charge in [0.2, 0.25) is 11.9 Å². The summed E-state index contributed by atoms with van der Waals surface area (Å²) >= 11 is 0. The van der Waals surface area contributed by atoms with E-state index in [2.05, 4.69) is 25.2 Å². The van der Waals surface area contributed by atoms with Crippen molar-refractivity contribution in [2.45, 2.75) is 39.7 Å². The Balaban J connectivity index is 2.15. The minimum atomic E-state index is 0.0236. The first-order chi connectivity index (χ1) is 10.1. The Morgan fingerprint density at radius 1 is 1.38 bits per heavy atom. The molecule has 0 radical (unpaired) electrons. The molecule has 1 aromatic heterocycles. The zero-order valence-corrected chi connectivity index (χ0v) is 13.0. The molecule has 0 spiro atoms. The van der Waals surface area contributed by atoms with Crippen molar-refractivity contribution in [3.8, 4) is 6.01 Å². The summed E-state index contributed by atoms with van der Waals surface area (Å²) < 4.78 is 5.61. The van der Waals surface area contributed by atoms with Gasteiger partial charge >= 0.3 is 6.01 Å². The highest BCUT2D eigenvalue weighted by atomic mass is 16.5. The Kier molecular flexibility index (Phi) is 5.55. The zero-order chi connectivity index (χ0) is 15.2. The van der Waals surface area contributed by atoms with E-state index in [0.717, 1.165) is 32.5 Å². The molecule has 7 heteroatoms. The maximum atomic E-state index is 9.05. The van der Waals surface area contributed by atoms with Crippen molar-refractivity contribution < 1.29 is 9.84 Å². The number of hydrogen-bond acceptors (Lipinski definition) is 7. The Labute approximate surface area is 125 Å². The average Bonchev–Trinajstić information content (AvgIpc) is 2.87. The summed E-state index contributed by atoms with van der Waals surface area (Å²) in [6, 6.07) is 0.358. The lowest BCUT2D eigenvalue weighted by Gasteiger charge is -2.18. The molecule has 0 aromatic carbocycles. The highest BCUT2D eigenvalue weighted by Gasteiger charge is 2.25. The SMILES string of the molecule is CCNc1nc(OC(C)C)nc(N2CCC(CCO)C2)n1. The van der Waals surface area contributed by atoms with E-state index in [1.54, 1.807) is 0 Å². The van der Waals surface area contributed by atoms with E-state index in [1.165, 1.54) is 0 Å². The van der Waals surface area contributed by atoms with Crippen LogP contribution in [0.15, 0.2) is 0 Å². The monoisotopic (exact) mass is 295 g/mol. The lowest BCUT2D eigenvalue weighted by molar-refractivity contribution is 0.222. The molecule has 1 aliphatic heterocycles. The van der Waals surface area contributed by atoms with Crippen LogP contribution in [-0.2, 0) is 0 Å². The first kappa shape index (κ1) is 15.8. The number of nitrogens with zero attached hydrogens (tertiary/aromatic N) is 4. The lowest BCUT2D eigenvalue weighted by atomic mass is 10.1. The van der Waals surface area contributed by atoms with Crippen LogP contribution in [0, 0.1) is 5.92 Å². The fourth-order valence-electron chi connectivity index (χ4n) is 2.42. The molecule has 0 saturated carbocycles. The predicted molar refractivity (Wildman–Crippen MR) is 81.8 cm³/mol. The van der Waals surface area contributed by atoms with Crippen LogP contribution in [0.4, 0.5) is 11.9 Å². The number of aliphatic hydroxyl groups excluding tert-OH is 1. The summed E-state index contributed by atoms with van der Waals surface area (Å²) in [6.45, 7) is 8.66. The Morgan fingerprint density at radius 2 is 2.19 bits per heavy atom. The van der Waals surface area contributed by atoms with Gasteiger partial charge in [0, 0.05) is 26.2 Å². The van der Waals surface area contributed by atoms with Crippen molar-refractivity contribution in [1.82, 2.24) is 15.0 Å². The van der Waals surface area contributed by atoms with Gasteiger partial charge in [-0.1, -0.05) is 0 Å². The topological polar surface area (TPSA) is 83.4 Å². The third-order valence-corrected chi connectivity index (χ3v) is 3.39. The van der Waals surface area contributed by atoms with Gasteiger partial charge in [-0.05, 0) is 39.5 Å². The molecule has 118 valence electrons. The molecular formula is C14H25N5O2. The Morgan fingerprint density at radius 3 is 2.86 bits per heavy atom. The summed E-state index contributed by atoms with van der Waals surface area (Å²) in [7, 11) is 0. The van der Waals surface area contributed by atoms with E-state index >= 15 is 0 Å². The van der Waals surface area contributed by atoms with Crippen LogP contribution in [0.5, 0.6) is 6.01 Å². The van der Waals surface area contributed by atoms with Gasteiger partial charge in [-0.25, -0.2) is 0 Å². The number of ether oxygens (including phenoxy) is 1. The maximum Gasteiger partial charge on any atom is 0.323 e. The molecule has 2 heterocycles. The molecule has 2 N–H and O–H groups in total. The number of rotatable bonds is 7. The van der Waals surface area contributed by atoms with Crippen LogP contribution in [0.25, 0.3) is 0 Å². The van der Waals surface area contributed by atoms with E-state index in [-0.39, 0.29) is 12.7 Å². The molecule has 1 saturated heterocycles. The molecule has 0 aliphatic carbocycles. The predicted octanol–water partition coefficient (Wildman–Crippen LogP) is 1.30. The molecule has 0 amide bonds. The van der Waals surface area contributed by atoms with Crippen molar-refractivity contribution in [3.63, 3.8) is 0 Å². The fourth-order valence-corrected chi connectivity index (χ4v) is 2.42. The molecule has 7 nitrogen and oxygen atoms in total. The van der Waals surface area contributed by atoms with Gasteiger partial charge in [-0.3, -0.25) is 0 Å². The molecule has 1 atom stereocenters. The molecule has 1 unspecified atom stereocenters. The summed E-state index contributed by atoms with van der Waals surface area (Å²) in [4.78, 5) is 15.3. The molecule has 2 rings (SSSR count). The van der Waals surface area contributed by atoms with Crippen LogP contribution in [-0.4, -0.2) is 52.4 Å². The quantitative estimate of drug-likeness (QED) is 0.784. The van der Waals surface area contributed by atoms with Crippen LogP contribution >= 0.6 is 0 Å². The number of anilines is 2. The van der Waals surface area contributed by atoms with Crippen LogP contribution in [0.3, 0.4) is 0 Å². The smallest absolute Gasteiger partial charge is 0.323 e. The van der Waals surface area contributed by atoms with Crippen molar-refractivity contribution in [3.05, 3.63) is 0 Å². The van der Waals surface area contributed by atoms with Gasteiger partial charge < -0.3 is 20.1 Å². The number of aromatic nitrogens is 3. The highest BCUT2D eigenvalue weighted by Crippen LogP contribution is 2.24. The van der Waals surface area contributed by atoms with Gasteiger partial charge in [0.1, 0.15) is 0 Å². The largest absolute Gasteiger partial charge is 0.461 e. The summed E-state index contributed by atoms with van der Waals surface area (Å²) in [5, 5.41) is 12.2. The normalized spacial score (nSPS) is 18.3. The van der Waals surface area contributed by atoms with Crippen molar-refractivity contribution in [1.29, 1.82) is 0 Å². The minimum Gasteiger partial charge on any atom is -0.461 e. The standard InChI is InChI=1S/C14H25N5O2/c1-4-15-12-16-13(18-14(17-12)21-10(2)3)19-7-5-11(9-19)6-8-20/h10-11,20H,4-9H2,1-3H3,(H,15,16,17,18). The summed E-state index contributed by atoms with van der Waals surface area (Å²) in [6.07, 6.45) is 1.91. The van der Waals surface area contributed by atoms with Gasteiger partial charge in [-0.2, -0.15) is 15.0 Å². The van der Waals surface area contributed by atoms with Gasteiger partial charge in [-0.15, -0.1) is 0 Å².